The van der Waals surface area contributed by atoms with Gasteiger partial charge in [-0.05, 0) is 0 Å². The minimum Gasteiger partial charge on any atom is -0.314 e. The predicted octanol–water partition coefficient (Wildman–Crippen LogP) is 0.0328. The summed E-state index contributed by atoms with van der Waals surface area (Å²) in [4.78, 5) is 0. The molecule has 6 nitrogen and oxygen atoms in total. The molecule has 1 N–H and O–H groups in total. The Morgan fingerprint density at radius 3 is 2.37 bits per heavy atom. The number of sulfonamides is 1. The van der Waals surface area contributed by atoms with Crippen LogP contribution in [0.5, 0.6) is 0 Å². The number of alkyl halides is 3. The van der Waals surface area contributed by atoms with Crippen LogP contribution < -0.4 is 5.32 Å². The van der Waals surface area contributed by atoms with Gasteiger partial charge in [0.25, 0.3) is 10.0 Å². The number of nitrogens with one attached hydrogen (secondary N) is 1. The fraction of sp³-hybridized carbons (Fsp3) is 0.667. The van der Waals surface area contributed by atoms with Crippen molar-refractivity contribution in [2.75, 3.05) is 26.2 Å². The number of nitrogens with zero attached hydrogens (tertiary/aromatic N) is 3. The summed E-state index contributed by atoms with van der Waals surface area (Å²) < 4.78 is 63.9. The van der Waals surface area contributed by atoms with Gasteiger partial charge in [0.15, 0.2) is 10.7 Å². The van der Waals surface area contributed by atoms with Crippen LogP contribution in [0.3, 0.4) is 0 Å². The average Bonchev–Trinajstić information content (AvgIpc) is 2.73. The highest BCUT2D eigenvalue weighted by Crippen LogP contribution is 2.30. The standard InChI is InChI=1S/C9H13F3N4O2S/c1-15-8(6-7(14-15)9(10,11)12)19(17,18)16-4-2-13-3-5-16/h6,13H,2-5H2,1H3. The summed E-state index contributed by atoms with van der Waals surface area (Å²) in [6, 6.07) is 0.567. The van der Waals surface area contributed by atoms with E-state index in [-0.39, 0.29) is 13.1 Å². The van der Waals surface area contributed by atoms with Crippen LogP contribution >= 0.6 is 0 Å². The van der Waals surface area contributed by atoms with Crippen molar-refractivity contribution in [3.8, 4) is 0 Å². The smallest absolute Gasteiger partial charge is 0.314 e. The van der Waals surface area contributed by atoms with Gasteiger partial charge < -0.3 is 5.32 Å². The van der Waals surface area contributed by atoms with E-state index in [2.05, 4.69) is 10.4 Å². The second-order valence-corrected chi connectivity index (χ2v) is 6.03. The van der Waals surface area contributed by atoms with Crippen LogP contribution in [-0.2, 0) is 23.2 Å². The SMILES string of the molecule is Cn1nc(C(F)(F)F)cc1S(=O)(=O)N1CCNCC1. The van der Waals surface area contributed by atoms with E-state index in [1.54, 1.807) is 0 Å². The van der Waals surface area contributed by atoms with E-state index in [4.69, 9.17) is 0 Å². The van der Waals surface area contributed by atoms with Crippen molar-refractivity contribution in [3.05, 3.63) is 11.8 Å². The summed E-state index contributed by atoms with van der Waals surface area (Å²) in [5, 5.41) is 5.74. The van der Waals surface area contributed by atoms with Crippen LogP contribution in [0.15, 0.2) is 11.1 Å². The molecule has 0 atom stereocenters. The third-order valence-electron chi connectivity index (χ3n) is 2.81. The van der Waals surface area contributed by atoms with E-state index in [9.17, 15) is 21.6 Å². The fourth-order valence-corrected chi connectivity index (χ4v) is 3.41. The first-order valence-corrected chi connectivity index (χ1v) is 6.99. The molecule has 19 heavy (non-hydrogen) atoms. The highest BCUT2D eigenvalue weighted by molar-refractivity contribution is 7.89. The molecule has 0 unspecified atom stereocenters. The highest BCUT2D eigenvalue weighted by Gasteiger charge is 2.38. The molecular weight excluding hydrogens is 285 g/mol. The topological polar surface area (TPSA) is 67.2 Å². The Morgan fingerprint density at radius 1 is 1.32 bits per heavy atom. The maximum atomic E-state index is 12.5. The molecule has 0 amide bonds. The van der Waals surface area contributed by atoms with Crippen LogP contribution in [0.4, 0.5) is 13.2 Å². The Hall–Kier alpha value is -1.13. The summed E-state index contributed by atoms with van der Waals surface area (Å²) in [5.74, 6) is 0. The summed E-state index contributed by atoms with van der Waals surface area (Å²) in [7, 11) is -2.75. The van der Waals surface area contributed by atoms with Crippen molar-refractivity contribution in [1.82, 2.24) is 19.4 Å². The van der Waals surface area contributed by atoms with E-state index in [1.807, 2.05) is 0 Å². The van der Waals surface area contributed by atoms with Crippen molar-refractivity contribution < 1.29 is 21.6 Å². The zero-order chi connectivity index (χ0) is 14.3. The molecule has 2 heterocycles. The third kappa shape index (κ3) is 2.74. The molecule has 1 aliphatic heterocycles. The van der Waals surface area contributed by atoms with Crippen molar-refractivity contribution in [2.45, 2.75) is 11.2 Å². The number of hydrogen-bond donors (Lipinski definition) is 1. The molecule has 0 bridgehead atoms. The molecule has 10 heteroatoms. The predicted molar refractivity (Wildman–Crippen MR) is 59.8 cm³/mol. The number of halogens is 3. The summed E-state index contributed by atoms with van der Waals surface area (Å²) in [5.41, 5.74) is -1.20. The third-order valence-corrected chi connectivity index (χ3v) is 4.76. The zero-order valence-electron chi connectivity index (χ0n) is 10.1. The minimum absolute atomic E-state index is 0.231. The quantitative estimate of drug-likeness (QED) is 0.837. The van der Waals surface area contributed by atoms with Gasteiger partial charge in [0.2, 0.25) is 0 Å². The maximum Gasteiger partial charge on any atom is 0.435 e. The highest BCUT2D eigenvalue weighted by atomic mass is 32.2. The molecule has 1 aliphatic rings. The summed E-state index contributed by atoms with van der Waals surface area (Å²) >= 11 is 0. The Morgan fingerprint density at radius 2 is 1.89 bits per heavy atom. The molecule has 1 aromatic rings. The van der Waals surface area contributed by atoms with Crippen molar-refractivity contribution in [3.63, 3.8) is 0 Å². The summed E-state index contributed by atoms with van der Waals surface area (Å²) in [6.45, 7) is 1.41. The number of aryl methyl sites for hydroxylation is 1. The first-order valence-electron chi connectivity index (χ1n) is 5.55. The van der Waals surface area contributed by atoms with Gasteiger partial charge >= 0.3 is 6.18 Å². The lowest BCUT2D eigenvalue weighted by atomic mass is 10.4. The zero-order valence-corrected chi connectivity index (χ0v) is 10.9. The number of aromatic nitrogens is 2. The van der Waals surface area contributed by atoms with E-state index >= 15 is 0 Å². The molecule has 2 rings (SSSR count). The van der Waals surface area contributed by atoms with Crippen LogP contribution in [0.25, 0.3) is 0 Å². The lowest BCUT2D eigenvalue weighted by molar-refractivity contribution is -0.141. The molecule has 0 aliphatic carbocycles. The molecule has 0 spiro atoms. The van der Waals surface area contributed by atoms with Gasteiger partial charge in [-0.25, -0.2) is 8.42 Å². The number of piperazine rings is 1. The molecule has 1 fully saturated rings. The lowest BCUT2D eigenvalue weighted by Crippen LogP contribution is -2.46. The Labute approximate surface area is 108 Å². The van der Waals surface area contributed by atoms with Gasteiger partial charge in [0.05, 0.1) is 0 Å². The minimum atomic E-state index is -4.66. The monoisotopic (exact) mass is 298 g/mol. The lowest BCUT2D eigenvalue weighted by Gasteiger charge is -2.26. The van der Waals surface area contributed by atoms with Crippen LogP contribution in [0, 0.1) is 0 Å². The first-order chi connectivity index (χ1) is 8.73. The average molecular weight is 298 g/mol. The van der Waals surface area contributed by atoms with Crippen molar-refractivity contribution in [2.24, 2.45) is 7.05 Å². The van der Waals surface area contributed by atoms with E-state index in [1.165, 1.54) is 7.05 Å². The summed E-state index contributed by atoms with van der Waals surface area (Å²) in [6.07, 6.45) is -4.66. The molecular formula is C9H13F3N4O2S. The van der Waals surface area contributed by atoms with E-state index in [0.717, 1.165) is 8.99 Å². The van der Waals surface area contributed by atoms with Gasteiger partial charge in [0, 0.05) is 39.3 Å². The van der Waals surface area contributed by atoms with E-state index < -0.39 is 26.9 Å². The number of hydrogen-bond acceptors (Lipinski definition) is 4. The van der Waals surface area contributed by atoms with Gasteiger partial charge in [-0.2, -0.15) is 22.6 Å². The molecule has 1 saturated heterocycles. The second-order valence-electron chi connectivity index (χ2n) is 4.14. The molecule has 0 saturated carbocycles. The maximum absolute atomic E-state index is 12.5. The largest absolute Gasteiger partial charge is 0.435 e. The van der Waals surface area contributed by atoms with Crippen LogP contribution in [0.2, 0.25) is 0 Å². The van der Waals surface area contributed by atoms with Gasteiger partial charge in [-0.15, -0.1) is 0 Å². The Kier molecular flexibility index (Phi) is 3.58. The van der Waals surface area contributed by atoms with E-state index in [0.29, 0.717) is 19.2 Å². The first kappa shape index (κ1) is 14.3. The van der Waals surface area contributed by atoms with Gasteiger partial charge in [0.1, 0.15) is 0 Å². The van der Waals surface area contributed by atoms with Crippen LogP contribution in [0.1, 0.15) is 5.69 Å². The van der Waals surface area contributed by atoms with Crippen molar-refractivity contribution >= 4 is 10.0 Å². The number of rotatable bonds is 2. The van der Waals surface area contributed by atoms with Gasteiger partial charge in [-0.1, -0.05) is 0 Å². The molecule has 0 radical (unpaired) electrons. The fourth-order valence-electron chi connectivity index (χ4n) is 1.85. The second kappa shape index (κ2) is 4.76. The van der Waals surface area contributed by atoms with Crippen molar-refractivity contribution in [1.29, 1.82) is 0 Å². The van der Waals surface area contributed by atoms with Gasteiger partial charge in [-0.3, -0.25) is 4.68 Å². The van der Waals surface area contributed by atoms with Crippen LogP contribution in [-0.4, -0.2) is 48.7 Å². The molecule has 0 aromatic carbocycles. The molecule has 1 aromatic heterocycles. The normalized spacial score (nSPS) is 18.7. The Balaban J connectivity index is 2.38. The Bertz CT molecular complexity index is 561. The molecule has 108 valence electrons.